The number of carbonyl (C=O) groups is 2. The molecule has 0 radical (unpaired) electrons. The Balaban J connectivity index is 2.66. The molecule has 0 saturated carbocycles. The number of phenolic OH excluding ortho intramolecular Hbond substituents is 1. The highest BCUT2D eigenvalue weighted by Gasteiger charge is 2.17. The summed E-state index contributed by atoms with van der Waals surface area (Å²) >= 11 is 0. The van der Waals surface area contributed by atoms with E-state index in [4.69, 9.17) is 4.74 Å². The minimum atomic E-state index is -0.596. The van der Waals surface area contributed by atoms with Crippen LogP contribution < -0.4 is 5.32 Å². The van der Waals surface area contributed by atoms with Gasteiger partial charge < -0.3 is 14.6 Å². The molecule has 6 nitrogen and oxygen atoms in total. The molecule has 0 unspecified atom stereocenters. The average molecular weight is 323 g/mol. The second-order valence-corrected chi connectivity index (χ2v) is 6.25. The molecular weight excluding hydrogens is 298 g/mol. The van der Waals surface area contributed by atoms with Gasteiger partial charge in [-0.25, -0.2) is 4.79 Å². The Bertz CT molecular complexity index is 548. The predicted molar refractivity (Wildman–Crippen MR) is 87.5 cm³/mol. The first-order valence-corrected chi connectivity index (χ1v) is 7.60. The van der Waals surface area contributed by atoms with E-state index < -0.39 is 11.7 Å². The SMILES string of the molecule is COC(=O)CCCCc1ccc(O)cc1NC(=O)OC(C)(C)C. The summed E-state index contributed by atoms with van der Waals surface area (Å²) < 4.78 is 9.81. The molecular formula is C17H25NO5. The van der Waals surface area contributed by atoms with E-state index in [-0.39, 0.29) is 11.7 Å². The number of methoxy groups -OCH3 is 1. The van der Waals surface area contributed by atoms with Crippen LogP contribution in [0.25, 0.3) is 0 Å². The first-order chi connectivity index (χ1) is 10.7. The number of benzene rings is 1. The van der Waals surface area contributed by atoms with Crippen LogP contribution in [0.2, 0.25) is 0 Å². The average Bonchev–Trinajstić information content (AvgIpc) is 2.43. The largest absolute Gasteiger partial charge is 0.508 e. The van der Waals surface area contributed by atoms with E-state index in [1.54, 1.807) is 32.9 Å². The van der Waals surface area contributed by atoms with E-state index in [2.05, 4.69) is 10.1 Å². The highest BCUT2D eigenvalue weighted by molar-refractivity contribution is 5.86. The second kappa shape index (κ2) is 8.41. The molecule has 0 fully saturated rings. The molecule has 0 saturated heterocycles. The number of phenols is 1. The fourth-order valence-electron chi connectivity index (χ4n) is 2.00. The Labute approximate surface area is 136 Å². The van der Waals surface area contributed by atoms with Gasteiger partial charge in [-0.1, -0.05) is 6.07 Å². The summed E-state index contributed by atoms with van der Waals surface area (Å²) in [6.07, 6.45) is 1.92. The van der Waals surface area contributed by atoms with Crippen LogP contribution in [0.5, 0.6) is 5.75 Å². The van der Waals surface area contributed by atoms with Crippen LogP contribution >= 0.6 is 0 Å². The van der Waals surface area contributed by atoms with Gasteiger partial charge in [0, 0.05) is 12.5 Å². The van der Waals surface area contributed by atoms with Crippen molar-refractivity contribution in [1.29, 1.82) is 0 Å². The van der Waals surface area contributed by atoms with E-state index in [0.717, 1.165) is 12.0 Å². The first-order valence-electron chi connectivity index (χ1n) is 7.60. The van der Waals surface area contributed by atoms with Gasteiger partial charge in [0.05, 0.1) is 12.8 Å². The van der Waals surface area contributed by atoms with E-state index in [1.165, 1.54) is 13.2 Å². The summed E-state index contributed by atoms with van der Waals surface area (Å²) in [5.74, 6) is -0.169. The molecule has 0 atom stereocenters. The van der Waals surface area contributed by atoms with Crippen LogP contribution in [-0.2, 0) is 20.7 Å². The molecule has 0 aliphatic carbocycles. The maximum absolute atomic E-state index is 11.9. The number of aryl methyl sites for hydroxylation is 1. The van der Waals surface area contributed by atoms with Gasteiger partial charge >= 0.3 is 12.1 Å². The van der Waals surface area contributed by atoms with Gasteiger partial charge in [0.1, 0.15) is 11.4 Å². The number of aromatic hydroxyl groups is 1. The fourth-order valence-corrected chi connectivity index (χ4v) is 2.00. The Kier molecular flexibility index (Phi) is 6.88. The van der Waals surface area contributed by atoms with Gasteiger partial charge in [0.15, 0.2) is 0 Å². The Morgan fingerprint density at radius 3 is 2.52 bits per heavy atom. The number of anilines is 1. The maximum atomic E-state index is 11.9. The second-order valence-electron chi connectivity index (χ2n) is 6.25. The molecule has 0 heterocycles. The van der Waals surface area contributed by atoms with E-state index in [0.29, 0.717) is 24.9 Å². The number of rotatable bonds is 6. The van der Waals surface area contributed by atoms with Gasteiger partial charge in [-0.05, 0) is 51.7 Å². The quantitative estimate of drug-likeness (QED) is 0.617. The van der Waals surface area contributed by atoms with Crippen molar-refractivity contribution in [3.05, 3.63) is 23.8 Å². The summed E-state index contributed by atoms with van der Waals surface area (Å²) in [6.45, 7) is 5.34. The third-order valence-corrected chi connectivity index (χ3v) is 3.03. The van der Waals surface area contributed by atoms with Gasteiger partial charge in [-0.15, -0.1) is 0 Å². The summed E-state index contributed by atoms with van der Waals surface area (Å²) in [4.78, 5) is 23.0. The minimum absolute atomic E-state index is 0.0642. The van der Waals surface area contributed by atoms with E-state index in [1.807, 2.05) is 0 Å². The van der Waals surface area contributed by atoms with Gasteiger partial charge in [-0.3, -0.25) is 10.1 Å². The molecule has 1 amide bonds. The molecule has 6 heteroatoms. The first kappa shape index (κ1) is 18.8. The number of amides is 1. The molecule has 128 valence electrons. The lowest BCUT2D eigenvalue weighted by atomic mass is 10.0. The maximum Gasteiger partial charge on any atom is 0.412 e. The van der Waals surface area contributed by atoms with Crippen molar-refractivity contribution in [2.75, 3.05) is 12.4 Å². The van der Waals surface area contributed by atoms with Crippen LogP contribution in [0.15, 0.2) is 18.2 Å². The minimum Gasteiger partial charge on any atom is -0.508 e. The van der Waals surface area contributed by atoms with Crippen LogP contribution in [0.3, 0.4) is 0 Å². The van der Waals surface area contributed by atoms with E-state index >= 15 is 0 Å². The monoisotopic (exact) mass is 323 g/mol. The molecule has 1 aromatic carbocycles. The number of unbranched alkanes of at least 4 members (excludes halogenated alkanes) is 1. The Morgan fingerprint density at radius 1 is 1.22 bits per heavy atom. The van der Waals surface area contributed by atoms with Gasteiger partial charge in [0.2, 0.25) is 0 Å². The summed E-state index contributed by atoms with van der Waals surface area (Å²) in [6, 6.07) is 4.80. The van der Waals surface area contributed by atoms with Crippen molar-refractivity contribution >= 4 is 17.7 Å². The van der Waals surface area contributed by atoms with Gasteiger partial charge in [-0.2, -0.15) is 0 Å². The molecule has 0 aliphatic heterocycles. The number of ether oxygens (including phenoxy) is 2. The number of carbonyl (C=O) groups excluding carboxylic acids is 2. The zero-order valence-corrected chi connectivity index (χ0v) is 14.1. The molecule has 1 rings (SSSR count). The number of hydrogen-bond acceptors (Lipinski definition) is 5. The summed E-state index contributed by atoms with van der Waals surface area (Å²) in [5.41, 5.74) is 0.789. The highest BCUT2D eigenvalue weighted by Crippen LogP contribution is 2.24. The van der Waals surface area contributed by atoms with Crippen LogP contribution in [0.4, 0.5) is 10.5 Å². The molecule has 23 heavy (non-hydrogen) atoms. The lowest BCUT2D eigenvalue weighted by Gasteiger charge is -2.20. The summed E-state index contributed by atoms with van der Waals surface area (Å²) in [7, 11) is 1.37. The third kappa shape index (κ3) is 7.54. The lowest BCUT2D eigenvalue weighted by Crippen LogP contribution is -2.27. The van der Waals surface area contributed by atoms with Gasteiger partial charge in [0.25, 0.3) is 0 Å². The van der Waals surface area contributed by atoms with Crippen molar-refractivity contribution in [1.82, 2.24) is 0 Å². The molecule has 1 aromatic rings. The Hall–Kier alpha value is -2.24. The number of esters is 1. The van der Waals surface area contributed by atoms with Crippen molar-refractivity contribution in [3.63, 3.8) is 0 Å². The van der Waals surface area contributed by atoms with Crippen LogP contribution in [0, 0.1) is 0 Å². The van der Waals surface area contributed by atoms with Crippen LogP contribution in [-0.4, -0.2) is 29.9 Å². The molecule has 2 N–H and O–H groups in total. The standard InChI is InChI=1S/C17H25NO5/c1-17(2,3)23-16(21)18-14-11-13(19)10-9-12(14)7-5-6-8-15(20)22-4/h9-11,19H,5-8H2,1-4H3,(H,18,21). The Morgan fingerprint density at radius 2 is 1.91 bits per heavy atom. The molecule has 0 aromatic heterocycles. The zero-order chi connectivity index (χ0) is 17.5. The molecule has 0 aliphatic rings. The molecule has 0 bridgehead atoms. The number of nitrogens with one attached hydrogen (secondary N) is 1. The topological polar surface area (TPSA) is 84.9 Å². The van der Waals surface area contributed by atoms with Crippen LogP contribution in [0.1, 0.15) is 45.6 Å². The predicted octanol–water partition coefficient (Wildman–Crippen LogP) is 3.63. The third-order valence-electron chi connectivity index (χ3n) is 3.03. The van der Waals surface area contributed by atoms with E-state index in [9.17, 15) is 14.7 Å². The molecule has 0 spiro atoms. The normalized spacial score (nSPS) is 11.0. The van der Waals surface area contributed by atoms with Crippen molar-refractivity contribution in [2.45, 2.75) is 52.1 Å². The lowest BCUT2D eigenvalue weighted by molar-refractivity contribution is -0.140. The number of hydrogen-bond donors (Lipinski definition) is 2. The van der Waals surface area contributed by atoms with Crippen molar-refractivity contribution < 1.29 is 24.2 Å². The zero-order valence-electron chi connectivity index (χ0n) is 14.1. The highest BCUT2D eigenvalue weighted by atomic mass is 16.6. The smallest absolute Gasteiger partial charge is 0.412 e. The fraction of sp³-hybridized carbons (Fsp3) is 0.529. The van der Waals surface area contributed by atoms with Crippen molar-refractivity contribution in [3.8, 4) is 5.75 Å². The summed E-state index contributed by atoms with van der Waals surface area (Å²) in [5, 5.41) is 12.3. The van der Waals surface area contributed by atoms with Crippen molar-refractivity contribution in [2.24, 2.45) is 0 Å².